The number of aromatic nitrogens is 1. The van der Waals surface area contributed by atoms with Gasteiger partial charge in [-0.05, 0) is 31.4 Å². The molecule has 2 aromatic rings. The van der Waals surface area contributed by atoms with Crippen molar-refractivity contribution in [2.75, 3.05) is 7.05 Å². The third-order valence-corrected chi connectivity index (χ3v) is 2.68. The van der Waals surface area contributed by atoms with E-state index in [1.165, 1.54) is 10.9 Å². The molecule has 0 atom stereocenters. The summed E-state index contributed by atoms with van der Waals surface area (Å²) in [7, 11) is 1.78. The van der Waals surface area contributed by atoms with Gasteiger partial charge in [0.05, 0.1) is 6.54 Å². The van der Waals surface area contributed by atoms with Gasteiger partial charge in [-0.15, -0.1) is 24.0 Å². The minimum Gasteiger partial charge on any atom is -0.357 e. The molecule has 104 valence electrons. The van der Waals surface area contributed by atoms with Gasteiger partial charge in [0.15, 0.2) is 5.96 Å². The molecular weight excluding hydrogens is 351 g/mol. The normalized spacial score (nSPS) is 11.5. The number of H-pyrrole nitrogens is 1. The zero-order chi connectivity index (χ0) is 13.0. The molecule has 0 aliphatic heterocycles. The van der Waals surface area contributed by atoms with Crippen LogP contribution in [0.3, 0.4) is 0 Å². The number of benzene rings is 1. The quantitative estimate of drug-likeness (QED) is 0.441. The van der Waals surface area contributed by atoms with Crippen LogP contribution in [0.25, 0.3) is 10.9 Å². The van der Waals surface area contributed by atoms with E-state index in [1.807, 2.05) is 12.1 Å². The minimum atomic E-state index is 0. The Morgan fingerprint density at radius 2 is 2.05 bits per heavy atom. The summed E-state index contributed by atoms with van der Waals surface area (Å²) in [5, 5.41) is 7.78. The van der Waals surface area contributed by atoms with Crippen LogP contribution in [0.4, 0.5) is 0 Å². The number of nitrogens with zero attached hydrogens (tertiary/aromatic N) is 1. The molecule has 1 heterocycles. The highest BCUT2D eigenvalue weighted by atomic mass is 127. The van der Waals surface area contributed by atoms with Gasteiger partial charge in [-0.1, -0.05) is 18.2 Å². The van der Waals surface area contributed by atoms with E-state index in [4.69, 9.17) is 0 Å². The van der Waals surface area contributed by atoms with Gasteiger partial charge in [-0.2, -0.15) is 0 Å². The molecule has 5 heteroatoms. The summed E-state index contributed by atoms with van der Waals surface area (Å²) in [6, 6.07) is 10.8. The molecule has 2 rings (SSSR count). The van der Waals surface area contributed by atoms with E-state index in [2.05, 4.69) is 52.7 Å². The van der Waals surface area contributed by atoms with Crippen molar-refractivity contribution < 1.29 is 0 Å². The molecule has 0 saturated carbocycles. The lowest BCUT2D eigenvalue weighted by Gasteiger charge is -2.13. The van der Waals surface area contributed by atoms with Crippen LogP contribution < -0.4 is 10.6 Å². The van der Waals surface area contributed by atoms with Crippen molar-refractivity contribution in [1.29, 1.82) is 0 Å². The molecule has 19 heavy (non-hydrogen) atoms. The zero-order valence-corrected chi connectivity index (χ0v) is 13.9. The Labute approximate surface area is 131 Å². The number of hydrogen-bond donors (Lipinski definition) is 3. The van der Waals surface area contributed by atoms with E-state index >= 15 is 0 Å². The number of halogens is 1. The zero-order valence-electron chi connectivity index (χ0n) is 11.5. The SMILES string of the molecule is CN=C(NCc1cc2ccccc2[nH]1)NC(C)C.I. The summed E-state index contributed by atoms with van der Waals surface area (Å²) in [5.41, 5.74) is 2.32. The summed E-state index contributed by atoms with van der Waals surface area (Å²) >= 11 is 0. The number of guanidine groups is 1. The Bertz CT molecular complexity index is 512. The largest absolute Gasteiger partial charge is 0.357 e. The van der Waals surface area contributed by atoms with E-state index < -0.39 is 0 Å². The maximum absolute atomic E-state index is 4.18. The van der Waals surface area contributed by atoms with Gasteiger partial charge in [-0.3, -0.25) is 4.99 Å². The highest BCUT2D eigenvalue weighted by Crippen LogP contribution is 2.14. The predicted molar refractivity (Wildman–Crippen MR) is 92.2 cm³/mol. The molecule has 0 spiro atoms. The Kier molecular flexibility index (Phi) is 6.14. The minimum absolute atomic E-state index is 0. The van der Waals surface area contributed by atoms with Crippen molar-refractivity contribution in [2.45, 2.75) is 26.4 Å². The highest BCUT2D eigenvalue weighted by Gasteiger charge is 2.02. The van der Waals surface area contributed by atoms with E-state index in [9.17, 15) is 0 Å². The molecule has 3 N–H and O–H groups in total. The number of fused-ring (bicyclic) bond motifs is 1. The molecule has 0 saturated heterocycles. The molecule has 1 aromatic heterocycles. The lowest BCUT2D eigenvalue weighted by atomic mass is 10.2. The van der Waals surface area contributed by atoms with Crippen LogP contribution in [-0.4, -0.2) is 24.0 Å². The number of aliphatic imine (C=N–C) groups is 1. The number of hydrogen-bond acceptors (Lipinski definition) is 1. The topological polar surface area (TPSA) is 52.2 Å². The Morgan fingerprint density at radius 1 is 1.32 bits per heavy atom. The first-order chi connectivity index (χ1) is 8.69. The van der Waals surface area contributed by atoms with Gasteiger partial charge in [0.2, 0.25) is 0 Å². The summed E-state index contributed by atoms with van der Waals surface area (Å²) in [6.45, 7) is 4.92. The number of nitrogens with one attached hydrogen (secondary N) is 3. The van der Waals surface area contributed by atoms with Gasteiger partial charge in [0.1, 0.15) is 0 Å². The van der Waals surface area contributed by atoms with E-state index in [1.54, 1.807) is 7.05 Å². The molecule has 0 aliphatic carbocycles. The number of aromatic amines is 1. The average molecular weight is 372 g/mol. The maximum atomic E-state index is 4.18. The first kappa shape index (κ1) is 15.8. The van der Waals surface area contributed by atoms with Crippen LogP contribution >= 0.6 is 24.0 Å². The first-order valence-corrected chi connectivity index (χ1v) is 6.23. The smallest absolute Gasteiger partial charge is 0.191 e. The van der Waals surface area contributed by atoms with Crippen LogP contribution in [0.5, 0.6) is 0 Å². The standard InChI is InChI=1S/C14H20N4.HI/c1-10(2)17-14(15-3)16-9-12-8-11-6-4-5-7-13(11)18-12;/h4-8,10,18H,9H2,1-3H3,(H2,15,16,17);1H. The summed E-state index contributed by atoms with van der Waals surface area (Å²) in [4.78, 5) is 7.56. The Morgan fingerprint density at radius 3 is 2.68 bits per heavy atom. The van der Waals surface area contributed by atoms with Gasteiger partial charge in [0.25, 0.3) is 0 Å². The van der Waals surface area contributed by atoms with Crippen molar-refractivity contribution in [3.63, 3.8) is 0 Å². The summed E-state index contributed by atoms with van der Waals surface area (Å²) < 4.78 is 0. The molecule has 4 nitrogen and oxygen atoms in total. The molecular formula is C14H21IN4. The highest BCUT2D eigenvalue weighted by molar-refractivity contribution is 14.0. The molecule has 0 bridgehead atoms. The average Bonchev–Trinajstić information content (AvgIpc) is 2.76. The lowest BCUT2D eigenvalue weighted by molar-refractivity contribution is 0.697. The summed E-state index contributed by atoms with van der Waals surface area (Å²) in [5.74, 6) is 0.823. The fraction of sp³-hybridized carbons (Fsp3) is 0.357. The molecule has 0 unspecified atom stereocenters. The molecule has 1 aromatic carbocycles. The van der Waals surface area contributed by atoms with Gasteiger partial charge < -0.3 is 15.6 Å². The molecule has 0 amide bonds. The van der Waals surface area contributed by atoms with Crippen LogP contribution in [0.15, 0.2) is 35.3 Å². The Hall–Kier alpha value is -1.24. The lowest BCUT2D eigenvalue weighted by Crippen LogP contribution is -2.40. The van der Waals surface area contributed by atoms with Crippen LogP contribution in [0.2, 0.25) is 0 Å². The van der Waals surface area contributed by atoms with Crippen LogP contribution in [-0.2, 0) is 6.54 Å². The Balaban J connectivity index is 0.00000180. The fourth-order valence-electron chi connectivity index (χ4n) is 1.88. The third kappa shape index (κ3) is 4.41. The van der Waals surface area contributed by atoms with Crippen molar-refractivity contribution in [3.8, 4) is 0 Å². The summed E-state index contributed by atoms with van der Waals surface area (Å²) in [6.07, 6.45) is 0. The van der Waals surface area contributed by atoms with Gasteiger partial charge in [0, 0.05) is 24.3 Å². The van der Waals surface area contributed by atoms with E-state index in [0.717, 1.165) is 18.2 Å². The number of rotatable bonds is 3. The van der Waals surface area contributed by atoms with Crippen LogP contribution in [0.1, 0.15) is 19.5 Å². The van der Waals surface area contributed by atoms with Crippen molar-refractivity contribution in [1.82, 2.24) is 15.6 Å². The van der Waals surface area contributed by atoms with Crippen LogP contribution in [0, 0.1) is 0 Å². The van der Waals surface area contributed by atoms with Crippen molar-refractivity contribution in [3.05, 3.63) is 36.0 Å². The monoisotopic (exact) mass is 372 g/mol. The number of para-hydroxylation sites is 1. The maximum Gasteiger partial charge on any atom is 0.191 e. The van der Waals surface area contributed by atoms with E-state index in [0.29, 0.717) is 6.04 Å². The molecule has 0 aliphatic rings. The predicted octanol–water partition coefficient (Wildman–Crippen LogP) is 2.86. The fourth-order valence-corrected chi connectivity index (χ4v) is 1.88. The molecule has 0 fully saturated rings. The first-order valence-electron chi connectivity index (χ1n) is 6.23. The second-order valence-corrected chi connectivity index (χ2v) is 4.61. The van der Waals surface area contributed by atoms with E-state index in [-0.39, 0.29) is 24.0 Å². The van der Waals surface area contributed by atoms with Crippen molar-refractivity contribution in [2.24, 2.45) is 4.99 Å². The molecule has 0 radical (unpaired) electrons. The van der Waals surface area contributed by atoms with Gasteiger partial charge >= 0.3 is 0 Å². The van der Waals surface area contributed by atoms with Crippen molar-refractivity contribution >= 4 is 40.8 Å². The second kappa shape index (κ2) is 7.37. The second-order valence-electron chi connectivity index (χ2n) is 4.61. The van der Waals surface area contributed by atoms with Gasteiger partial charge in [-0.25, -0.2) is 0 Å². The third-order valence-electron chi connectivity index (χ3n) is 2.68.